The molecule has 1 atom stereocenters. The number of aryl methyl sites for hydroxylation is 1. The Kier molecular flexibility index (Phi) is 5.00. The van der Waals surface area contributed by atoms with Gasteiger partial charge < -0.3 is 9.84 Å². The molecule has 0 aliphatic carbocycles. The molecule has 0 saturated heterocycles. The average Bonchev–Trinajstić information content (AvgIpc) is 2.88. The smallest absolute Gasteiger partial charge is 0.340 e. The molecule has 1 heterocycles. The molecule has 0 radical (unpaired) electrons. The molecule has 2 aromatic carbocycles. The molecule has 0 bridgehead atoms. The number of carbonyl (C=O) groups is 2. The highest BCUT2D eigenvalue weighted by Crippen LogP contribution is 2.41. The number of hydrogen-bond acceptors (Lipinski definition) is 4. The molecule has 1 N–H and O–H groups in total. The lowest BCUT2D eigenvalue weighted by atomic mass is 9.99. The molecule has 3 rings (SSSR count). The third-order valence-corrected chi connectivity index (χ3v) is 4.45. The number of amides is 1. The van der Waals surface area contributed by atoms with E-state index in [1.54, 1.807) is 43.3 Å². The van der Waals surface area contributed by atoms with E-state index in [9.17, 15) is 14.7 Å². The number of esters is 1. The number of benzene rings is 2. The largest absolute Gasteiger partial charge is 0.503 e. The summed E-state index contributed by atoms with van der Waals surface area (Å²) in [6, 6.07) is 13.3. The van der Waals surface area contributed by atoms with E-state index in [1.165, 1.54) is 4.90 Å². The minimum atomic E-state index is -0.790. The van der Waals surface area contributed by atoms with Gasteiger partial charge in [0.1, 0.15) is 5.57 Å². The van der Waals surface area contributed by atoms with E-state index < -0.39 is 23.7 Å². The highest BCUT2D eigenvalue weighted by molar-refractivity contribution is 6.30. The van der Waals surface area contributed by atoms with Gasteiger partial charge in [-0.15, -0.1) is 0 Å². The highest BCUT2D eigenvalue weighted by Gasteiger charge is 2.45. The van der Waals surface area contributed by atoms with Crippen LogP contribution in [0.3, 0.4) is 0 Å². The lowest BCUT2D eigenvalue weighted by molar-refractivity contribution is -0.139. The van der Waals surface area contributed by atoms with Crippen molar-refractivity contribution >= 4 is 29.2 Å². The summed E-state index contributed by atoms with van der Waals surface area (Å²) in [4.78, 5) is 26.6. The lowest BCUT2D eigenvalue weighted by Gasteiger charge is -2.26. The molecule has 26 heavy (non-hydrogen) atoms. The second kappa shape index (κ2) is 7.22. The molecule has 134 valence electrons. The Balaban J connectivity index is 2.14. The number of hydrogen-bond donors (Lipinski definition) is 1. The van der Waals surface area contributed by atoms with Gasteiger partial charge in [-0.05, 0) is 43.7 Å². The molecule has 0 saturated carbocycles. The summed E-state index contributed by atoms with van der Waals surface area (Å²) in [5, 5.41) is 10.9. The number of aliphatic hydroxyl groups excluding tert-OH is 1. The lowest BCUT2D eigenvalue weighted by Crippen LogP contribution is -2.31. The van der Waals surface area contributed by atoms with Crippen LogP contribution in [0.2, 0.25) is 5.02 Å². The van der Waals surface area contributed by atoms with Crippen LogP contribution in [0.15, 0.2) is 59.9 Å². The van der Waals surface area contributed by atoms with Gasteiger partial charge in [0.05, 0.1) is 12.6 Å². The first-order chi connectivity index (χ1) is 12.4. The van der Waals surface area contributed by atoms with E-state index in [1.807, 2.05) is 19.1 Å². The number of ether oxygens (including phenoxy) is 1. The predicted octanol–water partition coefficient (Wildman–Crippen LogP) is 4.11. The topological polar surface area (TPSA) is 66.8 Å². The van der Waals surface area contributed by atoms with Crippen molar-refractivity contribution in [2.45, 2.75) is 19.9 Å². The molecule has 0 fully saturated rings. The minimum absolute atomic E-state index is 0.0697. The molecule has 6 heteroatoms. The standard InChI is InChI=1S/C20H18ClNO4/c1-3-26-20(25)16-17(13-6-8-14(21)9-7-13)22(19(24)18(16)23)15-10-4-12(2)5-11-15/h4-11,17,23H,3H2,1-2H3. The third kappa shape index (κ3) is 3.18. The summed E-state index contributed by atoms with van der Waals surface area (Å²) in [6.45, 7) is 3.75. The third-order valence-electron chi connectivity index (χ3n) is 4.20. The Bertz CT molecular complexity index is 872. The van der Waals surface area contributed by atoms with Crippen molar-refractivity contribution in [3.8, 4) is 0 Å². The Morgan fingerprint density at radius 2 is 1.77 bits per heavy atom. The van der Waals surface area contributed by atoms with E-state index in [2.05, 4.69) is 0 Å². The van der Waals surface area contributed by atoms with Crippen LogP contribution in [-0.2, 0) is 14.3 Å². The second-order valence-corrected chi connectivity index (χ2v) is 6.38. The monoisotopic (exact) mass is 371 g/mol. The SMILES string of the molecule is CCOC(=O)C1=C(O)C(=O)N(c2ccc(C)cc2)C1c1ccc(Cl)cc1. The second-order valence-electron chi connectivity index (χ2n) is 5.95. The fraction of sp³-hybridized carbons (Fsp3) is 0.200. The van der Waals surface area contributed by atoms with Crippen LogP contribution in [0.25, 0.3) is 0 Å². The quantitative estimate of drug-likeness (QED) is 0.821. The van der Waals surface area contributed by atoms with Gasteiger partial charge in [-0.3, -0.25) is 9.69 Å². The number of carbonyl (C=O) groups excluding carboxylic acids is 2. The first-order valence-electron chi connectivity index (χ1n) is 8.20. The number of nitrogens with zero attached hydrogens (tertiary/aromatic N) is 1. The fourth-order valence-electron chi connectivity index (χ4n) is 2.95. The summed E-state index contributed by atoms with van der Waals surface area (Å²) in [6.07, 6.45) is 0. The van der Waals surface area contributed by atoms with Crippen LogP contribution in [0, 0.1) is 6.92 Å². The van der Waals surface area contributed by atoms with E-state index in [-0.39, 0.29) is 12.2 Å². The maximum Gasteiger partial charge on any atom is 0.340 e. The number of halogens is 1. The summed E-state index contributed by atoms with van der Waals surface area (Å²) in [5.74, 6) is -1.95. The fourth-order valence-corrected chi connectivity index (χ4v) is 3.08. The minimum Gasteiger partial charge on any atom is -0.503 e. The zero-order valence-electron chi connectivity index (χ0n) is 14.4. The molecule has 2 aromatic rings. The van der Waals surface area contributed by atoms with Crippen LogP contribution in [0.1, 0.15) is 24.1 Å². The normalized spacial score (nSPS) is 17.0. The van der Waals surface area contributed by atoms with E-state index in [0.717, 1.165) is 5.56 Å². The molecular formula is C20H18ClNO4. The van der Waals surface area contributed by atoms with Gasteiger partial charge in [-0.2, -0.15) is 0 Å². The molecular weight excluding hydrogens is 354 g/mol. The first-order valence-corrected chi connectivity index (χ1v) is 8.57. The Labute approximate surface area is 156 Å². The number of aliphatic hydroxyl groups is 1. The average molecular weight is 372 g/mol. The first kappa shape index (κ1) is 18.0. The molecule has 1 aliphatic rings. The number of anilines is 1. The Morgan fingerprint density at radius 3 is 2.35 bits per heavy atom. The van der Waals surface area contributed by atoms with E-state index in [4.69, 9.17) is 16.3 Å². The molecule has 0 spiro atoms. The summed E-state index contributed by atoms with van der Waals surface area (Å²) in [7, 11) is 0. The van der Waals surface area contributed by atoms with Crippen LogP contribution in [0.4, 0.5) is 5.69 Å². The molecule has 5 nitrogen and oxygen atoms in total. The van der Waals surface area contributed by atoms with Crippen molar-refractivity contribution in [2.24, 2.45) is 0 Å². The van der Waals surface area contributed by atoms with Gasteiger partial charge in [0.2, 0.25) is 0 Å². The van der Waals surface area contributed by atoms with Crippen molar-refractivity contribution in [3.05, 3.63) is 76.0 Å². The van der Waals surface area contributed by atoms with Crippen molar-refractivity contribution in [2.75, 3.05) is 11.5 Å². The van der Waals surface area contributed by atoms with Crippen molar-refractivity contribution < 1.29 is 19.4 Å². The van der Waals surface area contributed by atoms with Gasteiger partial charge in [0.25, 0.3) is 5.91 Å². The van der Waals surface area contributed by atoms with Crippen LogP contribution >= 0.6 is 11.6 Å². The van der Waals surface area contributed by atoms with Crippen molar-refractivity contribution in [1.82, 2.24) is 0 Å². The summed E-state index contributed by atoms with van der Waals surface area (Å²) in [5.41, 5.74) is 2.19. The van der Waals surface area contributed by atoms with Crippen molar-refractivity contribution in [3.63, 3.8) is 0 Å². The molecule has 1 aliphatic heterocycles. The molecule has 1 unspecified atom stereocenters. The maximum atomic E-state index is 12.7. The maximum absolute atomic E-state index is 12.7. The Hall–Kier alpha value is -2.79. The van der Waals surface area contributed by atoms with Gasteiger partial charge in [-0.25, -0.2) is 4.79 Å². The zero-order chi connectivity index (χ0) is 18.8. The predicted molar refractivity (Wildman–Crippen MR) is 99.1 cm³/mol. The van der Waals surface area contributed by atoms with E-state index >= 15 is 0 Å². The zero-order valence-corrected chi connectivity index (χ0v) is 15.2. The van der Waals surface area contributed by atoms with Crippen LogP contribution in [-0.4, -0.2) is 23.6 Å². The molecule has 1 amide bonds. The van der Waals surface area contributed by atoms with Gasteiger partial charge in [-0.1, -0.05) is 41.4 Å². The van der Waals surface area contributed by atoms with Gasteiger partial charge in [0, 0.05) is 10.7 Å². The summed E-state index contributed by atoms with van der Waals surface area (Å²) < 4.78 is 5.06. The highest BCUT2D eigenvalue weighted by atomic mass is 35.5. The van der Waals surface area contributed by atoms with Crippen molar-refractivity contribution in [1.29, 1.82) is 0 Å². The molecule has 0 aromatic heterocycles. The Morgan fingerprint density at radius 1 is 1.15 bits per heavy atom. The van der Waals surface area contributed by atoms with Gasteiger partial charge >= 0.3 is 5.97 Å². The number of rotatable bonds is 4. The van der Waals surface area contributed by atoms with Gasteiger partial charge in [0.15, 0.2) is 5.76 Å². The van der Waals surface area contributed by atoms with Crippen LogP contribution in [0.5, 0.6) is 0 Å². The van der Waals surface area contributed by atoms with E-state index in [0.29, 0.717) is 16.3 Å². The summed E-state index contributed by atoms with van der Waals surface area (Å²) >= 11 is 5.96. The van der Waals surface area contributed by atoms with Crippen LogP contribution < -0.4 is 4.90 Å².